The van der Waals surface area contributed by atoms with Crippen LogP contribution in [0.25, 0.3) is 0 Å². The summed E-state index contributed by atoms with van der Waals surface area (Å²) in [4.78, 5) is 0. The Hall–Kier alpha value is -1.44. The molecule has 0 saturated heterocycles. The molecule has 0 saturated carbocycles. The SMILES string of the molecule is CC(C)=C1C=C(O)C(C)(C)C(c2ccco2)C1. The summed E-state index contributed by atoms with van der Waals surface area (Å²) in [7, 11) is 0. The van der Waals surface area contributed by atoms with Gasteiger partial charge in [-0.3, -0.25) is 0 Å². The van der Waals surface area contributed by atoms with Gasteiger partial charge in [0.05, 0.1) is 12.0 Å². The smallest absolute Gasteiger partial charge is 0.108 e. The Morgan fingerprint density at radius 2 is 2.12 bits per heavy atom. The van der Waals surface area contributed by atoms with Gasteiger partial charge in [0.25, 0.3) is 0 Å². The third-order valence-corrected chi connectivity index (χ3v) is 3.80. The maximum absolute atomic E-state index is 10.2. The first-order valence-electron chi connectivity index (χ1n) is 6.04. The van der Waals surface area contributed by atoms with Crippen molar-refractivity contribution in [3.8, 4) is 0 Å². The molecule has 2 nitrogen and oxygen atoms in total. The van der Waals surface area contributed by atoms with Crippen LogP contribution in [0, 0.1) is 5.41 Å². The van der Waals surface area contributed by atoms with E-state index in [-0.39, 0.29) is 11.3 Å². The molecule has 92 valence electrons. The van der Waals surface area contributed by atoms with Crippen molar-refractivity contribution in [2.45, 2.75) is 40.0 Å². The monoisotopic (exact) mass is 232 g/mol. The zero-order valence-corrected chi connectivity index (χ0v) is 10.9. The van der Waals surface area contributed by atoms with Crippen LogP contribution in [0.4, 0.5) is 0 Å². The van der Waals surface area contributed by atoms with E-state index >= 15 is 0 Å². The van der Waals surface area contributed by atoms with Crippen molar-refractivity contribution >= 4 is 0 Å². The number of allylic oxidation sites excluding steroid dienone is 4. The quantitative estimate of drug-likeness (QED) is 0.769. The fourth-order valence-electron chi connectivity index (χ4n) is 2.36. The van der Waals surface area contributed by atoms with Gasteiger partial charge in [-0.05, 0) is 44.1 Å². The molecule has 2 heteroatoms. The zero-order valence-electron chi connectivity index (χ0n) is 10.9. The Balaban J connectivity index is 2.47. The van der Waals surface area contributed by atoms with E-state index in [1.54, 1.807) is 6.26 Å². The largest absolute Gasteiger partial charge is 0.512 e. The molecule has 1 N–H and O–H groups in total. The molecular formula is C15H20O2. The van der Waals surface area contributed by atoms with Crippen LogP contribution in [0.2, 0.25) is 0 Å². The van der Waals surface area contributed by atoms with Crippen molar-refractivity contribution in [1.29, 1.82) is 0 Å². The second-order valence-electron chi connectivity index (χ2n) is 5.55. The minimum Gasteiger partial charge on any atom is -0.512 e. The van der Waals surface area contributed by atoms with E-state index in [0.717, 1.165) is 12.2 Å². The molecule has 0 bridgehead atoms. The minimum absolute atomic E-state index is 0.201. The molecule has 1 aliphatic carbocycles. The average molecular weight is 232 g/mol. The Morgan fingerprint density at radius 1 is 1.41 bits per heavy atom. The number of hydrogen-bond acceptors (Lipinski definition) is 2. The third-order valence-electron chi connectivity index (χ3n) is 3.80. The predicted octanol–water partition coefficient (Wildman–Crippen LogP) is 4.57. The number of rotatable bonds is 1. The molecule has 0 aliphatic heterocycles. The molecule has 17 heavy (non-hydrogen) atoms. The lowest BCUT2D eigenvalue weighted by molar-refractivity contribution is 0.191. The first-order valence-corrected chi connectivity index (χ1v) is 6.04. The number of aliphatic hydroxyl groups is 1. The van der Waals surface area contributed by atoms with E-state index in [9.17, 15) is 5.11 Å². The second kappa shape index (κ2) is 4.10. The van der Waals surface area contributed by atoms with E-state index in [2.05, 4.69) is 27.7 Å². The average Bonchev–Trinajstić information content (AvgIpc) is 2.74. The molecule has 0 aromatic carbocycles. The van der Waals surface area contributed by atoms with Crippen LogP contribution in [-0.2, 0) is 0 Å². The first-order chi connectivity index (χ1) is 7.93. The molecule has 1 atom stereocenters. The summed E-state index contributed by atoms with van der Waals surface area (Å²) in [6.07, 6.45) is 4.53. The van der Waals surface area contributed by atoms with Crippen molar-refractivity contribution in [3.05, 3.63) is 47.1 Å². The predicted molar refractivity (Wildman–Crippen MR) is 68.9 cm³/mol. The lowest BCUT2D eigenvalue weighted by Crippen LogP contribution is -2.28. The van der Waals surface area contributed by atoms with Gasteiger partial charge in [0.2, 0.25) is 0 Å². The van der Waals surface area contributed by atoms with Crippen LogP contribution in [0.15, 0.2) is 45.8 Å². The summed E-state index contributed by atoms with van der Waals surface area (Å²) < 4.78 is 5.52. The van der Waals surface area contributed by atoms with Gasteiger partial charge in [0.15, 0.2) is 0 Å². The molecule has 1 heterocycles. The van der Waals surface area contributed by atoms with Crippen LogP contribution in [0.5, 0.6) is 0 Å². The molecule has 0 spiro atoms. The molecule has 1 aliphatic rings. The summed E-state index contributed by atoms with van der Waals surface area (Å²) in [6, 6.07) is 3.90. The van der Waals surface area contributed by atoms with Gasteiger partial charge >= 0.3 is 0 Å². The van der Waals surface area contributed by atoms with E-state index in [4.69, 9.17) is 4.42 Å². The van der Waals surface area contributed by atoms with E-state index < -0.39 is 0 Å². The fraction of sp³-hybridized carbons (Fsp3) is 0.467. The molecular weight excluding hydrogens is 212 g/mol. The number of furan rings is 1. The van der Waals surface area contributed by atoms with Crippen molar-refractivity contribution < 1.29 is 9.52 Å². The van der Waals surface area contributed by atoms with Crippen molar-refractivity contribution in [2.75, 3.05) is 0 Å². The van der Waals surface area contributed by atoms with Crippen LogP contribution in [-0.4, -0.2) is 5.11 Å². The third kappa shape index (κ3) is 2.04. The summed E-state index contributed by atoms with van der Waals surface area (Å²) in [5.41, 5.74) is 2.20. The molecule has 1 unspecified atom stereocenters. The molecule has 1 aromatic rings. The highest BCUT2D eigenvalue weighted by Gasteiger charge is 2.39. The van der Waals surface area contributed by atoms with Crippen molar-refractivity contribution in [3.63, 3.8) is 0 Å². The van der Waals surface area contributed by atoms with Crippen molar-refractivity contribution in [2.24, 2.45) is 5.41 Å². The highest BCUT2D eigenvalue weighted by atomic mass is 16.3. The Labute approximate surface area is 103 Å². The topological polar surface area (TPSA) is 33.4 Å². The van der Waals surface area contributed by atoms with Gasteiger partial charge in [0, 0.05) is 11.3 Å². The molecule has 1 aromatic heterocycles. The number of aliphatic hydroxyl groups excluding tert-OH is 1. The lowest BCUT2D eigenvalue weighted by atomic mass is 9.68. The van der Waals surface area contributed by atoms with Gasteiger partial charge in [-0.1, -0.05) is 19.4 Å². The summed E-state index contributed by atoms with van der Waals surface area (Å²) in [5.74, 6) is 1.60. The molecule has 0 radical (unpaired) electrons. The van der Waals surface area contributed by atoms with Gasteiger partial charge < -0.3 is 9.52 Å². The van der Waals surface area contributed by atoms with Gasteiger partial charge in [0.1, 0.15) is 5.76 Å². The van der Waals surface area contributed by atoms with Crippen LogP contribution >= 0.6 is 0 Å². The Bertz CT molecular complexity index is 457. The Morgan fingerprint density at radius 3 is 2.65 bits per heavy atom. The summed E-state index contributed by atoms with van der Waals surface area (Å²) in [5, 5.41) is 10.2. The fourth-order valence-corrected chi connectivity index (χ4v) is 2.36. The maximum atomic E-state index is 10.2. The van der Waals surface area contributed by atoms with E-state index in [1.165, 1.54) is 11.1 Å². The first kappa shape index (κ1) is 12.0. The minimum atomic E-state index is -0.267. The Kier molecular flexibility index (Phi) is 2.90. The molecule has 0 amide bonds. The summed E-state index contributed by atoms with van der Waals surface area (Å²) in [6.45, 7) is 8.29. The highest BCUT2D eigenvalue weighted by Crippen LogP contribution is 2.48. The van der Waals surface area contributed by atoms with E-state index in [1.807, 2.05) is 18.2 Å². The molecule has 2 rings (SSSR count). The van der Waals surface area contributed by atoms with Gasteiger partial charge in [-0.25, -0.2) is 0 Å². The van der Waals surface area contributed by atoms with Gasteiger partial charge in [-0.2, -0.15) is 0 Å². The number of hydrogen-bond donors (Lipinski definition) is 1. The second-order valence-corrected chi connectivity index (χ2v) is 5.55. The van der Waals surface area contributed by atoms with Crippen LogP contribution in [0.1, 0.15) is 45.8 Å². The van der Waals surface area contributed by atoms with Crippen LogP contribution < -0.4 is 0 Å². The highest BCUT2D eigenvalue weighted by molar-refractivity contribution is 5.36. The molecule has 0 fully saturated rings. The van der Waals surface area contributed by atoms with E-state index in [0.29, 0.717) is 5.76 Å². The van der Waals surface area contributed by atoms with Gasteiger partial charge in [-0.15, -0.1) is 0 Å². The zero-order chi connectivity index (χ0) is 12.6. The summed E-state index contributed by atoms with van der Waals surface area (Å²) >= 11 is 0. The lowest BCUT2D eigenvalue weighted by Gasteiger charge is -2.37. The maximum Gasteiger partial charge on any atom is 0.108 e. The van der Waals surface area contributed by atoms with Crippen LogP contribution in [0.3, 0.4) is 0 Å². The van der Waals surface area contributed by atoms with Crippen molar-refractivity contribution in [1.82, 2.24) is 0 Å². The standard InChI is InChI=1S/C15H20O2/c1-10(2)11-8-12(13-6-5-7-17-13)15(3,4)14(16)9-11/h5-7,9,12,16H,8H2,1-4H3. The normalized spacial score (nSPS) is 23.4.